The molecule has 1 amide bonds. The summed E-state index contributed by atoms with van der Waals surface area (Å²) in [5.41, 5.74) is 4.82. The Morgan fingerprint density at radius 2 is 1.87 bits per heavy atom. The van der Waals surface area contributed by atoms with Crippen LogP contribution < -0.4 is 4.90 Å². The Labute approximate surface area is 177 Å². The van der Waals surface area contributed by atoms with Gasteiger partial charge in [0.2, 0.25) is 0 Å². The van der Waals surface area contributed by atoms with Crippen LogP contribution in [-0.2, 0) is 12.8 Å². The predicted octanol–water partition coefficient (Wildman–Crippen LogP) is 3.80. The molecule has 156 valence electrons. The molecule has 0 unspecified atom stereocenters. The summed E-state index contributed by atoms with van der Waals surface area (Å²) >= 11 is 0. The van der Waals surface area contributed by atoms with Gasteiger partial charge in [-0.1, -0.05) is 36.8 Å². The second-order valence-corrected chi connectivity index (χ2v) is 7.80. The first kappa shape index (κ1) is 20.1. The number of aromatic nitrogens is 2. The fraction of sp³-hybridized carbons (Fsp3) is 0.375. The van der Waals surface area contributed by atoms with Crippen LogP contribution in [0, 0.1) is 13.8 Å². The van der Waals surface area contributed by atoms with Crippen LogP contribution in [0.5, 0.6) is 0 Å². The lowest BCUT2D eigenvalue weighted by Gasteiger charge is -2.36. The highest BCUT2D eigenvalue weighted by Gasteiger charge is 2.26. The van der Waals surface area contributed by atoms with Gasteiger partial charge in [-0.25, -0.2) is 9.97 Å². The number of amides is 1. The maximum absolute atomic E-state index is 12.6. The van der Waals surface area contributed by atoms with Gasteiger partial charge in [0.05, 0.1) is 6.26 Å². The van der Waals surface area contributed by atoms with Crippen LogP contribution in [0.2, 0.25) is 0 Å². The number of anilines is 1. The molecule has 6 nitrogen and oxygen atoms in total. The number of benzene rings is 1. The standard InChI is InChI=1S/C24H28N4O2/c1-4-21-20(16-19-8-5-7-17(2)15-19)23(26-18(3)25-21)27-10-12-28(13-11-27)24(29)22-9-6-14-30-22/h5-9,14-15H,4,10-13,16H2,1-3H3. The van der Waals surface area contributed by atoms with Crippen molar-refractivity contribution in [1.29, 1.82) is 0 Å². The van der Waals surface area contributed by atoms with Crippen molar-refractivity contribution in [2.24, 2.45) is 0 Å². The third kappa shape index (κ3) is 4.22. The number of nitrogens with zero attached hydrogens (tertiary/aromatic N) is 4. The third-order valence-electron chi connectivity index (χ3n) is 5.58. The molecule has 6 heteroatoms. The number of carbonyl (C=O) groups excluding carboxylic acids is 1. The van der Waals surface area contributed by atoms with Crippen LogP contribution in [0.4, 0.5) is 5.82 Å². The maximum atomic E-state index is 12.6. The molecule has 3 heterocycles. The van der Waals surface area contributed by atoms with Gasteiger partial charge in [0.1, 0.15) is 11.6 Å². The Kier molecular flexibility index (Phi) is 5.84. The monoisotopic (exact) mass is 404 g/mol. The van der Waals surface area contributed by atoms with E-state index >= 15 is 0 Å². The minimum Gasteiger partial charge on any atom is -0.459 e. The number of furan rings is 1. The molecule has 0 aliphatic carbocycles. The minimum absolute atomic E-state index is 0.0484. The molecule has 0 atom stereocenters. The van der Waals surface area contributed by atoms with E-state index in [1.54, 1.807) is 12.1 Å². The summed E-state index contributed by atoms with van der Waals surface area (Å²) in [4.78, 5) is 26.3. The number of aryl methyl sites for hydroxylation is 3. The Morgan fingerprint density at radius 1 is 1.07 bits per heavy atom. The predicted molar refractivity (Wildman–Crippen MR) is 117 cm³/mol. The zero-order valence-electron chi connectivity index (χ0n) is 17.9. The Bertz CT molecular complexity index is 1020. The maximum Gasteiger partial charge on any atom is 0.289 e. The fourth-order valence-corrected chi connectivity index (χ4v) is 4.08. The van der Waals surface area contributed by atoms with E-state index in [0.29, 0.717) is 18.8 Å². The van der Waals surface area contributed by atoms with E-state index in [4.69, 9.17) is 14.4 Å². The molecule has 1 aliphatic rings. The van der Waals surface area contributed by atoms with Gasteiger partial charge in [0.15, 0.2) is 5.76 Å². The van der Waals surface area contributed by atoms with Gasteiger partial charge in [0.25, 0.3) is 5.91 Å². The van der Waals surface area contributed by atoms with Crippen molar-refractivity contribution in [3.8, 4) is 0 Å². The molecule has 2 aromatic heterocycles. The zero-order valence-corrected chi connectivity index (χ0v) is 17.9. The van der Waals surface area contributed by atoms with Crippen molar-refractivity contribution in [3.63, 3.8) is 0 Å². The molecule has 1 aliphatic heterocycles. The van der Waals surface area contributed by atoms with E-state index in [0.717, 1.165) is 43.3 Å². The average Bonchev–Trinajstić information content (AvgIpc) is 3.29. The summed E-state index contributed by atoms with van der Waals surface area (Å²) < 4.78 is 5.28. The highest BCUT2D eigenvalue weighted by molar-refractivity contribution is 5.91. The van der Waals surface area contributed by atoms with Crippen LogP contribution in [0.1, 0.15) is 45.7 Å². The van der Waals surface area contributed by atoms with Gasteiger partial charge in [-0.15, -0.1) is 0 Å². The Morgan fingerprint density at radius 3 is 2.53 bits per heavy atom. The Balaban J connectivity index is 1.58. The van der Waals surface area contributed by atoms with E-state index in [1.165, 1.54) is 23.0 Å². The normalized spacial score (nSPS) is 14.2. The summed E-state index contributed by atoms with van der Waals surface area (Å²) in [6.07, 6.45) is 3.22. The van der Waals surface area contributed by atoms with Gasteiger partial charge in [0, 0.05) is 43.9 Å². The van der Waals surface area contributed by atoms with E-state index in [-0.39, 0.29) is 5.91 Å². The summed E-state index contributed by atoms with van der Waals surface area (Å²) in [6.45, 7) is 8.99. The molecule has 0 N–H and O–H groups in total. The van der Waals surface area contributed by atoms with Crippen LogP contribution in [-0.4, -0.2) is 47.0 Å². The van der Waals surface area contributed by atoms with Gasteiger partial charge in [-0.2, -0.15) is 0 Å². The lowest BCUT2D eigenvalue weighted by atomic mass is 10.0. The molecule has 4 rings (SSSR count). The van der Waals surface area contributed by atoms with Crippen LogP contribution >= 0.6 is 0 Å². The molecule has 0 radical (unpaired) electrons. The molecule has 0 spiro atoms. The fourth-order valence-electron chi connectivity index (χ4n) is 4.08. The van der Waals surface area contributed by atoms with E-state index in [2.05, 4.69) is 43.0 Å². The molecule has 0 bridgehead atoms. The highest BCUT2D eigenvalue weighted by atomic mass is 16.3. The molecular formula is C24H28N4O2. The molecule has 3 aromatic rings. The van der Waals surface area contributed by atoms with E-state index in [9.17, 15) is 4.79 Å². The second-order valence-electron chi connectivity index (χ2n) is 7.80. The highest BCUT2D eigenvalue weighted by Crippen LogP contribution is 2.26. The number of hydrogen-bond acceptors (Lipinski definition) is 5. The molecule has 30 heavy (non-hydrogen) atoms. The number of hydrogen-bond donors (Lipinski definition) is 0. The Hall–Kier alpha value is -3.15. The van der Waals surface area contributed by atoms with Gasteiger partial charge >= 0.3 is 0 Å². The lowest BCUT2D eigenvalue weighted by Crippen LogP contribution is -2.49. The third-order valence-corrected chi connectivity index (χ3v) is 5.58. The number of carbonyl (C=O) groups is 1. The largest absolute Gasteiger partial charge is 0.459 e. The van der Waals surface area contributed by atoms with Gasteiger partial charge in [-0.3, -0.25) is 4.79 Å². The van der Waals surface area contributed by atoms with Crippen LogP contribution in [0.3, 0.4) is 0 Å². The second kappa shape index (κ2) is 8.69. The first-order valence-electron chi connectivity index (χ1n) is 10.5. The molecule has 1 aromatic carbocycles. The summed E-state index contributed by atoms with van der Waals surface area (Å²) in [5.74, 6) is 2.15. The van der Waals surface area contributed by atoms with Gasteiger partial charge < -0.3 is 14.2 Å². The quantitative estimate of drug-likeness (QED) is 0.647. The summed E-state index contributed by atoms with van der Waals surface area (Å²) in [6, 6.07) is 12.1. The number of piperazine rings is 1. The first-order valence-corrected chi connectivity index (χ1v) is 10.5. The van der Waals surface area contributed by atoms with Crippen molar-refractivity contribution in [1.82, 2.24) is 14.9 Å². The average molecular weight is 405 g/mol. The molecule has 1 fully saturated rings. The zero-order chi connectivity index (χ0) is 21.1. The molecular weight excluding hydrogens is 376 g/mol. The van der Waals surface area contributed by atoms with Crippen molar-refractivity contribution in [2.45, 2.75) is 33.6 Å². The van der Waals surface area contributed by atoms with Gasteiger partial charge in [-0.05, 0) is 38.0 Å². The van der Waals surface area contributed by atoms with Crippen LogP contribution in [0.15, 0.2) is 47.1 Å². The van der Waals surface area contributed by atoms with Crippen molar-refractivity contribution in [3.05, 3.63) is 76.6 Å². The summed E-state index contributed by atoms with van der Waals surface area (Å²) in [7, 11) is 0. The smallest absolute Gasteiger partial charge is 0.289 e. The van der Waals surface area contributed by atoms with Crippen molar-refractivity contribution in [2.75, 3.05) is 31.1 Å². The number of rotatable bonds is 5. The van der Waals surface area contributed by atoms with E-state index in [1.807, 2.05) is 11.8 Å². The first-order chi connectivity index (χ1) is 14.5. The minimum atomic E-state index is -0.0484. The van der Waals surface area contributed by atoms with Crippen molar-refractivity contribution < 1.29 is 9.21 Å². The van der Waals surface area contributed by atoms with E-state index < -0.39 is 0 Å². The van der Waals surface area contributed by atoms with Crippen molar-refractivity contribution >= 4 is 11.7 Å². The molecule has 0 saturated carbocycles. The topological polar surface area (TPSA) is 62.5 Å². The summed E-state index contributed by atoms with van der Waals surface area (Å²) in [5, 5.41) is 0. The lowest BCUT2D eigenvalue weighted by molar-refractivity contribution is 0.0714. The molecule has 1 saturated heterocycles. The SMILES string of the molecule is CCc1nc(C)nc(N2CCN(C(=O)c3ccco3)CC2)c1Cc1cccc(C)c1. The van der Waals surface area contributed by atoms with Crippen LogP contribution in [0.25, 0.3) is 0 Å².